The lowest BCUT2D eigenvalue weighted by molar-refractivity contribution is -0.121. The van der Waals surface area contributed by atoms with E-state index in [1.165, 1.54) is 11.3 Å². The molecule has 0 unspecified atom stereocenters. The summed E-state index contributed by atoms with van der Waals surface area (Å²) in [6.07, 6.45) is 1.68. The van der Waals surface area contributed by atoms with Gasteiger partial charge in [0.1, 0.15) is 5.75 Å². The van der Waals surface area contributed by atoms with E-state index in [9.17, 15) is 9.59 Å². The third kappa shape index (κ3) is 3.94. The maximum absolute atomic E-state index is 12.5. The van der Waals surface area contributed by atoms with Crippen molar-refractivity contribution in [1.29, 1.82) is 0 Å². The summed E-state index contributed by atoms with van der Waals surface area (Å²) in [5.41, 5.74) is 2.71. The molecular formula is C22H18ClN3O3S. The van der Waals surface area contributed by atoms with E-state index in [0.717, 1.165) is 16.1 Å². The molecule has 4 rings (SSSR count). The Labute approximate surface area is 182 Å². The number of hydrogen-bond donors (Lipinski definition) is 1. The van der Waals surface area contributed by atoms with E-state index in [4.69, 9.17) is 16.3 Å². The van der Waals surface area contributed by atoms with Crippen molar-refractivity contribution in [3.05, 3.63) is 70.6 Å². The van der Waals surface area contributed by atoms with Crippen molar-refractivity contribution in [3.63, 3.8) is 0 Å². The summed E-state index contributed by atoms with van der Waals surface area (Å²) in [5, 5.41) is 3.80. The molecule has 2 amide bonds. The summed E-state index contributed by atoms with van der Waals surface area (Å²) in [7, 11) is 0. The molecule has 0 radical (unpaired) electrons. The predicted octanol–water partition coefficient (Wildman–Crippen LogP) is 4.94. The fourth-order valence-electron chi connectivity index (χ4n) is 3.20. The number of nitrogens with zero attached hydrogens (tertiary/aromatic N) is 2. The average molecular weight is 440 g/mol. The van der Waals surface area contributed by atoms with Gasteiger partial charge in [-0.3, -0.25) is 14.9 Å². The molecule has 1 aromatic heterocycles. The van der Waals surface area contributed by atoms with Crippen molar-refractivity contribution in [3.8, 4) is 17.0 Å². The number of carbonyl (C=O) groups is 2. The van der Waals surface area contributed by atoms with Crippen molar-refractivity contribution in [1.82, 2.24) is 4.98 Å². The summed E-state index contributed by atoms with van der Waals surface area (Å²) >= 11 is 7.35. The van der Waals surface area contributed by atoms with Crippen LogP contribution in [0.25, 0.3) is 11.3 Å². The van der Waals surface area contributed by atoms with Crippen LogP contribution in [0.15, 0.2) is 55.1 Å². The van der Waals surface area contributed by atoms with E-state index in [2.05, 4.69) is 16.9 Å². The van der Waals surface area contributed by atoms with Crippen LogP contribution in [0.5, 0.6) is 5.75 Å². The Bertz CT molecular complexity index is 1160. The monoisotopic (exact) mass is 439 g/mol. The quantitative estimate of drug-likeness (QED) is 0.572. The normalized spacial score (nSPS) is 12.9. The molecule has 1 aliphatic heterocycles. The van der Waals surface area contributed by atoms with Gasteiger partial charge in [0.05, 0.1) is 11.4 Å². The fraction of sp³-hybridized carbons (Fsp3) is 0.136. The van der Waals surface area contributed by atoms with Crippen LogP contribution in [0.1, 0.15) is 15.2 Å². The smallest absolute Gasteiger partial charge is 0.265 e. The fourth-order valence-corrected chi connectivity index (χ4v) is 4.22. The summed E-state index contributed by atoms with van der Waals surface area (Å²) in [4.78, 5) is 31.9. The van der Waals surface area contributed by atoms with Crippen LogP contribution in [0.2, 0.25) is 5.02 Å². The number of carbonyl (C=O) groups excluding carboxylic acids is 2. The first-order chi connectivity index (χ1) is 14.5. The molecule has 1 aliphatic rings. The van der Waals surface area contributed by atoms with Crippen LogP contribution < -0.4 is 15.0 Å². The minimum atomic E-state index is -0.278. The van der Waals surface area contributed by atoms with Crippen LogP contribution >= 0.6 is 22.9 Å². The van der Waals surface area contributed by atoms with Gasteiger partial charge in [-0.25, -0.2) is 4.98 Å². The van der Waals surface area contributed by atoms with E-state index in [1.807, 2.05) is 25.1 Å². The molecule has 152 valence electrons. The Morgan fingerprint density at radius 1 is 1.37 bits per heavy atom. The lowest BCUT2D eigenvalue weighted by atomic mass is 10.1. The summed E-state index contributed by atoms with van der Waals surface area (Å²) in [5.74, 6) is 0.242. The Morgan fingerprint density at radius 2 is 2.20 bits per heavy atom. The molecule has 0 aliphatic carbocycles. The van der Waals surface area contributed by atoms with Crippen molar-refractivity contribution < 1.29 is 14.3 Å². The number of aromatic nitrogens is 1. The van der Waals surface area contributed by atoms with Gasteiger partial charge in [-0.05, 0) is 43.3 Å². The van der Waals surface area contributed by atoms with Crippen LogP contribution in [-0.4, -0.2) is 29.9 Å². The predicted molar refractivity (Wildman–Crippen MR) is 120 cm³/mol. The first-order valence-electron chi connectivity index (χ1n) is 9.19. The van der Waals surface area contributed by atoms with Gasteiger partial charge in [0.15, 0.2) is 11.7 Å². The highest BCUT2D eigenvalue weighted by atomic mass is 35.5. The highest BCUT2D eigenvalue weighted by molar-refractivity contribution is 7.16. The molecule has 2 aromatic carbocycles. The number of rotatable bonds is 5. The second-order valence-electron chi connectivity index (χ2n) is 6.65. The van der Waals surface area contributed by atoms with Crippen molar-refractivity contribution in [2.75, 3.05) is 23.4 Å². The molecule has 30 heavy (non-hydrogen) atoms. The maximum Gasteiger partial charge on any atom is 0.265 e. The van der Waals surface area contributed by atoms with Crippen molar-refractivity contribution in [2.45, 2.75) is 6.92 Å². The van der Waals surface area contributed by atoms with E-state index in [0.29, 0.717) is 33.7 Å². The second kappa shape index (κ2) is 8.30. The van der Waals surface area contributed by atoms with Gasteiger partial charge in [-0.2, -0.15) is 0 Å². The average Bonchev–Trinajstić information content (AvgIpc) is 3.09. The first-order valence-corrected chi connectivity index (χ1v) is 10.4. The van der Waals surface area contributed by atoms with E-state index in [1.54, 1.807) is 35.2 Å². The molecule has 0 atom stereocenters. The molecule has 0 spiro atoms. The molecule has 2 heterocycles. The molecule has 0 saturated heterocycles. The van der Waals surface area contributed by atoms with Gasteiger partial charge in [-0.1, -0.05) is 23.7 Å². The lowest BCUT2D eigenvalue weighted by Gasteiger charge is -2.28. The van der Waals surface area contributed by atoms with Crippen LogP contribution in [-0.2, 0) is 4.79 Å². The first kappa shape index (κ1) is 20.1. The molecule has 8 heteroatoms. The molecule has 0 bridgehead atoms. The van der Waals surface area contributed by atoms with Gasteiger partial charge in [0, 0.05) is 27.6 Å². The van der Waals surface area contributed by atoms with Gasteiger partial charge in [0.2, 0.25) is 0 Å². The third-order valence-electron chi connectivity index (χ3n) is 4.59. The van der Waals surface area contributed by atoms with Crippen LogP contribution in [0.3, 0.4) is 0 Å². The zero-order valence-corrected chi connectivity index (χ0v) is 17.7. The molecule has 0 saturated carbocycles. The number of hydrogen-bond acceptors (Lipinski definition) is 5. The van der Waals surface area contributed by atoms with Crippen molar-refractivity contribution >= 4 is 45.6 Å². The highest BCUT2D eigenvalue weighted by Crippen LogP contribution is 2.38. The Morgan fingerprint density at radius 3 is 2.97 bits per heavy atom. The highest BCUT2D eigenvalue weighted by Gasteiger charge is 2.25. The maximum atomic E-state index is 12.5. The lowest BCUT2D eigenvalue weighted by Crippen LogP contribution is -2.38. The number of benzene rings is 2. The van der Waals surface area contributed by atoms with Crippen LogP contribution in [0.4, 0.5) is 10.8 Å². The van der Waals surface area contributed by atoms with E-state index in [-0.39, 0.29) is 18.4 Å². The largest absolute Gasteiger partial charge is 0.482 e. The summed E-state index contributed by atoms with van der Waals surface area (Å²) < 4.78 is 5.54. The Kier molecular flexibility index (Phi) is 5.57. The molecule has 1 N–H and O–H groups in total. The molecular weight excluding hydrogens is 422 g/mol. The zero-order valence-electron chi connectivity index (χ0n) is 16.1. The van der Waals surface area contributed by atoms with Gasteiger partial charge < -0.3 is 9.64 Å². The minimum Gasteiger partial charge on any atom is -0.482 e. The van der Waals surface area contributed by atoms with Gasteiger partial charge in [-0.15, -0.1) is 17.9 Å². The number of fused-ring (bicyclic) bond motifs is 1. The van der Waals surface area contributed by atoms with Gasteiger partial charge in [0.25, 0.3) is 11.8 Å². The number of aryl methyl sites for hydroxylation is 1. The number of thiazole rings is 1. The van der Waals surface area contributed by atoms with Gasteiger partial charge >= 0.3 is 0 Å². The topological polar surface area (TPSA) is 71.5 Å². The van der Waals surface area contributed by atoms with E-state index >= 15 is 0 Å². The Balaban J connectivity index is 1.63. The number of nitrogens with one attached hydrogen (secondary N) is 1. The second-order valence-corrected chi connectivity index (χ2v) is 8.29. The number of ether oxygens (including phenoxy) is 1. The van der Waals surface area contributed by atoms with E-state index < -0.39 is 0 Å². The van der Waals surface area contributed by atoms with Crippen molar-refractivity contribution in [2.24, 2.45) is 0 Å². The zero-order chi connectivity index (χ0) is 21.3. The number of amides is 2. The van der Waals surface area contributed by atoms with Crippen LogP contribution in [0, 0.1) is 6.92 Å². The third-order valence-corrected chi connectivity index (χ3v) is 5.71. The molecule has 6 nitrogen and oxygen atoms in total. The standard InChI is InChI=1S/C22H18ClN3O3S/c1-3-9-26-17-11-14(7-8-18(17)29-12-19(26)27)20-13(2)30-22(24-20)25-21(28)15-5-4-6-16(23)10-15/h3-8,10-11H,1,9,12H2,2H3,(H,24,25,28). The number of anilines is 2. The summed E-state index contributed by atoms with van der Waals surface area (Å²) in [6, 6.07) is 12.3. The summed E-state index contributed by atoms with van der Waals surface area (Å²) in [6.45, 7) is 6.07. The SMILES string of the molecule is C=CCN1C(=O)COc2ccc(-c3nc(NC(=O)c4cccc(Cl)c4)sc3C)cc21. The minimum absolute atomic E-state index is 0.00952. The number of halogens is 1. The molecule has 3 aromatic rings. The Hall–Kier alpha value is -3.16. The molecule has 0 fully saturated rings.